The fraction of sp³-hybridized carbons (Fsp3) is 0.625. The Hall–Kier alpha value is -1.82. The van der Waals surface area contributed by atoms with Gasteiger partial charge in [-0.2, -0.15) is 0 Å². The number of nitrogens with zero attached hydrogens (tertiary/aromatic N) is 2. The lowest BCUT2D eigenvalue weighted by Gasteiger charge is -2.25. The first-order valence-electron chi connectivity index (χ1n) is 7.87. The van der Waals surface area contributed by atoms with Gasteiger partial charge in [-0.05, 0) is 30.9 Å². The van der Waals surface area contributed by atoms with E-state index in [4.69, 9.17) is 9.47 Å². The van der Waals surface area contributed by atoms with Crippen LogP contribution >= 0.6 is 0 Å². The molecule has 1 unspecified atom stereocenters. The van der Waals surface area contributed by atoms with E-state index in [1.807, 2.05) is 17.0 Å². The van der Waals surface area contributed by atoms with Gasteiger partial charge in [-0.1, -0.05) is 0 Å². The third-order valence-electron chi connectivity index (χ3n) is 4.18. The summed E-state index contributed by atoms with van der Waals surface area (Å²) in [6, 6.07) is 4.15. The number of rotatable bonds is 6. The van der Waals surface area contributed by atoms with Crippen LogP contribution in [0.4, 0.5) is 4.79 Å². The molecular weight excluding hydrogens is 282 g/mol. The van der Waals surface area contributed by atoms with Crippen LogP contribution in [0.5, 0.6) is 5.88 Å². The molecule has 1 saturated carbocycles. The summed E-state index contributed by atoms with van der Waals surface area (Å²) in [5.74, 6) is 1.04. The molecule has 0 radical (unpaired) electrons. The molecule has 3 rings (SSSR count). The standard InChI is InChI=1S/C16H23N3O3/c1-21-15-8-12(4-6-17-15)9-18-16(20)19(14-2-3-14)10-13-5-7-22-11-13/h4,6,8,13-14H,2-3,5,7,9-11H2,1H3,(H,18,20). The number of amides is 2. The van der Waals surface area contributed by atoms with Gasteiger partial charge in [-0.25, -0.2) is 9.78 Å². The third-order valence-corrected chi connectivity index (χ3v) is 4.18. The van der Waals surface area contributed by atoms with Crippen molar-refractivity contribution in [3.8, 4) is 5.88 Å². The predicted octanol–water partition coefficient (Wildman–Crippen LogP) is 1.80. The molecule has 2 heterocycles. The Morgan fingerprint density at radius 1 is 1.50 bits per heavy atom. The van der Waals surface area contributed by atoms with Crippen LogP contribution in [0.15, 0.2) is 18.3 Å². The number of nitrogens with one attached hydrogen (secondary N) is 1. The van der Waals surface area contributed by atoms with Crippen molar-refractivity contribution in [2.24, 2.45) is 5.92 Å². The summed E-state index contributed by atoms with van der Waals surface area (Å²) in [5.41, 5.74) is 0.986. The smallest absolute Gasteiger partial charge is 0.317 e. The Balaban J connectivity index is 1.54. The van der Waals surface area contributed by atoms with Crippen molar-refractivity contribution in [3.63, 3.8) is 0 Å². The van der Waals surface area contributed by atoms with E-state index < -0.39 is 0 Å². The fourth-order valence-electron chi connectivity index (χ4n) is 2.74. The van der Waals surface area contributed by atoms with Crippen molar-refractivity contribution in [1.29, 1.82) is 0 Å². The van der Waals surface area contributed by atoms with Gasteiger partial charge in [-0.3, -0.25) is 0 Å². The van der Waals surface area contributed by atoms with Crippen LogP contribution < -0.4 is 10.1 Å². The first-order valence-corrected chi connectivity index (χ1v) is 7.87. The number of pyridine rings is 1. The van der Waals surface area contributed by atoms with E-state index in [2.05, 4.69) is 10.3 Å². The molecule has 2 amide bonds. The van der Waals surface area contributed by atoms with E-state index in [9.17, 15) is 4.79 Å². The number of methoxy groups -OCH3 is 1. The quantitative estimate of drug-likeness (QED) is 0.870. The van der Waals surface area contributed by atoms with Gasteiger partial charge >= 0.3 is 6.03 Å². The average Bonchev–Trinajstić information content (AvgIpc) is 3.26. The Morgan fingerprint density at radius 3 is 3.05 bits per heavy atom. The molecule has 2 fully saturated rings. The number of hydrogen-bond acceptors (Lipinski definition) is 4. The second-order valence-corrected chi connectivity index (χ2v) is 5.98. The summed E-state index contributed by atoms with van der Waals surface area (Å²) in [7, 11) is 1.59. The minimum atomic E-state index is 0.0187. The summed E-state index contributed by atoms with van der Waals surface area (Å²) < 4.78 is 10.5. The number of carbonyl (C=O) groups is 1. The monoisotopic (exact) mass is 305 g/mol. The number of urea groups is 1. The molecule has 1 aliphatic heterocycles. The molecular formula is C16H23N3O3. The van der Waals surface area contributed by atoms with Crippen molar-refractivity contribution in [3.05, 3.63) is 23.9 Å². The maximum atomic E-state index is 12.5. The highest BCUT2D eigenvalue weighted by Gasteiger charge is 2.34. The molecule has 0 aromatic carbocycles. The van der Waals surface area contributed by atoms with Crippen molar-refractivity contribution < 1.29 is 14.3 Å². The van der Waals surface area contributed by atoms with Crippen molar-refractivity contribution in [2.45, 2.75) is 31.8 Å². The molecule has 1 saturated heterocycles. The molecule has 1 aromatic heterocycles. The Morgan fingerprint density at radius 2 is 2.36 bits per heavy atom. The molecule has 0 spiro atoms. The number of aromatic nitrogens is 1. The van der Waals surface area contributed by atoms with E-state index in [0.29, 0.717) is 24.4 Å². The minimum Gasteiger partial charge on any atom is -0.481 e. The molecule has 120 valence electrons. The van der Waals surface area contributed by atoms with Gasteiger partial charge in [0.25, 0.3) is 0 Å². The van der Waals surface area contributed by atoms with Gasteiger partial charge in [0.05, 0.1) is 13.7 Å². The molecule has 6 nitrogen and oxygen atoms in total. The second-order valence-electron chi connectivity index (χ2n) is 5.98. The lowest BCUT2D eigenvalue weighted by Crippen LogP contribution is -2.43. The topological polar surface area (TPSA) is 63.7 Å². The van der Waals surface area contributed by atoms with E-state index in [0.717, 1.165) is 44.6 Å². The fourth-order valence-corrected chi connectivity index (χ4v) is 2.74. The summed E-state index contributed by atoms with van der Waals surface area (Å²) in [5, 5.41) is 3.01. The normalized spacial score (nSPS) is 20.7. The van der Waals surface area contributed by atoms with Crippen LogP contribution in [0.25, 0.3) is 0 Å². The Labute approximate surface area is 130 Å². The minimum absolute atomic E-state index is 0.0187. The van der Waals surface area contributed by atoms with Crippen LogP contribution in [0.1, 0.15) is 24.8 Å². The maximum absolute atomic E-state index is 12.5. The van der Waals surface area contributed by atoms with Crippen molar-refractivity contribution >= 4 is 6.03 Å². The summed E-state index contributed by atoms with van der Waals surface area (Å²) >= 11 is 0. The largest absolute Gasteiger partial charge is 0.481 e. The average molecular weight is 305 g/mol. The van der Waals surface area contributed by atoms with Crippen LogP contribution in [-0.4, -0.2) is 48.8 Å². The van der Waals surface area contributed by atoms with Crippen molar-refractivity contribution in [2.75, 3.05) is 26.9 Å². The highest BCUT2D eigenvalue weighted by atomic mass is 16.5. The molecule has 0 bridgehead atoms. The van der Waals surface area contributed by atoms with Gasteiger partial charge in [-0.15, -0.1) is 0 Å². The second kappa shape index (κ2) is 6.96. The Bertz CT molecular complexity index is 513. The highest BCUT2D eigenvalue weighted by Crippen LogP contribution is 2.29. The van der Waals surface area contributed by atoms with E-state index in [-0.39, 0.29) is 6.03 Å². The highest BCUT2D eigenvalue weighted by molar-refractivity contribution is 5.75. The Kier molecular flexibility index (Phi) is 4.77. The summed E-state index contributed by atoms with van der Waals surface area (Å²) in [6.07, 6.45) is 4.97. The molecule has 6 heteroatoms. The van der Waals surface area contributed by atoms with E-state index >= 15 is 0 Å². The summed E-state index contributed by atoms with van der Waals surface area (Å²) in [4.78, 5) is 18.5. The van der Waals surface area contributed by atoms with Crippen LogP contribution in [0.2, 0.25) is 0 Å². The molecule has 1 atom stereocenters. The van der Waals surface area contributed by atoms with Gasteiger partial charge in [0.1, 0.15) is 0 Å². The zero-order chi connectivity index (χ0) is 15.4. The van der Waals surface area contributed by atoms with E-state index in [1.165, 1.54) is 0 Å². The van der Waals surface area contributed by atoms with Gasteiger partial charge in [0.2, 0.25) is 5.88 Å². The van der Waals surface area contributed by atoms with Gasteiger partial charge in [0, 0.05) is 43.9 Å². The first-order chi connectivity index (χ1) is 10.8. The van der Waals surface area contributed by atoms with Crippen molar-refractivity contribution in [1.82, 2.24) is 15.2 Å². The first kappa shape index (κ1) is 15.1. The van der Waals surface area contributed by atoms with Crippen LogP contribution in [-0.2, 0) is 11.3 Å². The predicted molar refractivity (Wildman–Crippen MR) is 81.7 cm³/mol. The van der Waals surface area contributed by atoms with E-state index in [1.54, 1.807) is 13.3 Å². The van der Waals surface area contributed by atoms with Gasteiger partial charge in [0.15, 0.2) is 0 Å². The molecule has 22 heavy (non-hydrogen) atoms. The van der Waals surface area contributed by atoms with Crippen LogP contribution in [0, 0.1) is 5.92 Å². The third kappa shape index (κ3) is 3.88. The zero-order valence-electron chi connectivity index (χ0n) is 13.0. The van der Waals surface area contributed by atoms with Crippen LogP contribution in [0.3, 0.4) is 0 Å². The number of carbonyl (C=O) groups excluding carboxylic acids is 1. The van der Waals surface area contributed by atoms with Gasteiger partial charge < -0.3 is 19.7 Å². The maximum Gasteiger partial charge on any atom is 0.317 e. The lowest BCUT2D eigenvalue weighted by molar-refractivity contribution is 0.162. The number of hydrogen-bond donors (Lipinski definition) is 1. The number of ether oxygens (including phenoxy) is 2. The molecule has 1 N–H and O–H groups in total. The SMILES string of the molecule is COc1cc(CNC(=O)N(CC2CCOC2)C2CC2)ccn1. The zero-order valence-corrected chi connectivity index (χ0v) is 13.0. The summed E-state index contributed by atoms with van der Waals surface area (Å²) in [6.45, 7) is 2.89. The molecule has 2 aliphatic rings. The molecule has 1 aliphatic carbocycles. The molecule has 1 aromatic rings. The lowest BCUT2D eigenvalue weighted by atomic mass is 10.1.